The highest BCUT2D eigenvalue weighted by Gasteiger charge is 2.28. The molecule has 0 saturated heterocycles. The zero-order valence-electron chi connectivity index (χ0n) is 12.0. The number of hydrogen-bond donors (Lipinski definition) is 1. The minimum Gasteiger partial charge on any atom is -0.323 e. The van der Waals surface area contributed by atoms with Crippen molar-refractivity contribution in [2.24, 2.45) is 11.1 Å². The van der Waals surface area contributed by atoms with Crippen LogP contribution in [0.25, 0.3) is 0 Å². The Morgan fingerprint density at radius 3 is 2.44 bits per heavy atom. The molecule has 18 heavy (non-hydrogen) atoms. The fraction of sp³-hybridized carbons (Fsp3) is 0.600. The Balaban J connectivity index is 2.62. The molecular weight excluding hydrogens is 240 g/mol. The van der Waals surface area contributed by atoms with E-state index >= 15 is 0 Å². The van der Waals surface area contributed by atoms with Crippen LogP contribution in [0.15, 0.2) is 30.3 Å². The van der Waals surface area contributed by atoms with Gasteiger partial charge in [-0.2, -0.15) is 11.8 Å². The fourth-order valence-corrected chi connectivity index (χ4v) is 2.73. The van der Waals surface area contributed by atoms with Crippen molar-refractivity contribution in [3.05, 3.63) is 35.9 Å². The monoisotopic (exact) mass is 266 g/mol. The van der Waals surface area contributed by atoms with E-state index < -0.39 is 0 Å². The van der Waals surface area contributed by atoms with E-state index in [9.17, 15) is 0 Å². The van der Waals surface area contributed by atoms with Crippen LogP contribution in [0.1, 0.15) is 25.5 Å². The smallest absolute Gasteiger partial charge is 0.0359 e. The molecule has 0 heterocycles. The third-order valence-electron chi connectivity index (χ3n) is 3.36. The highest BCUT2D eigenvalue weighted by atomic mass is 32.2. The van der Waals surface area contributed by atoms with Crippen LogP contribution >= 0.6 is 11.8 Å². The predicted molar refractivity (Wildman–Crippen MR) is 83.0 cm³/mol. The second-order valence-corrected chi connectivity index (χ2v) is 6.59. The molecule has 0 saturated carbocycles. The molecule has 0 aliphatic heterocycles. The van der Waals surface area contributed by atoms with Crippen molar-refractivity contribution in [1.29, 1.82) is 0 Å². The van der Waals surface area contributed by atoms with Crippen LogP contribution in [0, 0.1) is 5.41 Å². The summed E-state index contributed by atoms with van der Waals surface area (Å²) in [6.07, 6.45) is 2.15. The first-order valence-electron chi connectivity index (χ1n) is 6.45. The predicted octanol–water partition coefficient (Wildman–Crippen LogP) is 3.01. The average Bonchev–Trinajstić information content (AvgIpc) is 2.36. The van der Waals surface area contributed by atoms with Gasteiger partial charge in [0.25, 0.3) is 0 Å². The number of thioether (sulfide) groups is 1. The van der Waals surface area contributed by atoms with Crippen molar-refractivity contribution in [3.63, 3.8) is 0 Å². The van der Waals surface area contributed by atoms with Crippen LogP contribution < -0.4 is 5.73 Å². The molecule has 2 N–H and O–H groups in total. The summed E-state index contributed by atoms with van der Waals surface area (Å²) >= 11 is 1.89. The normalized spacial score (nSPS) is 13.9. The molecule has 0 aliphatic carbocycles. The Hall–Kier alpha value is -0.510. The summed E-state index contributed by atoms with van der Waals surface area (Å²) in [6, 6.07) is 10.5. The third kappa shape index (κ3) is 4.63. The van der Waals surface area contributed by atoms with Gasteiger partial charge < -0.3 is 10.6 Å². The first-order valence-corrected chi connectivity index (χ1v) is 7.85. The van der Waals surface area contributed by atoms with Crippen molar-refractivity contribution >= 4 is 11.8 Å². The molecule has 1 aromatic rings. The molecule has 3 heteroatoms. The zero-order valence-corrected chi connectivity index (χ0v) is 12.8. The number of hydrogen-bond acceptors (Lipinski definition) is 3. The van der Waals surface area contributed by atoms with E-state index in [1.54, 1.807) is 0 Å². The summed E-state index contributed by atoms with van der Waals surface area (Å²) in [6.45, 7) is 6.64. The van der Waals surface area contributed by atoms with Crippen LogP contribution in [0.2, 0.25) is 0 Å². The molecule has 1 unspecified atom stereocenters. The van der Waals surface area contributed by atoms with Crippen molar-refractivity contribution in [2.75, 3.05) is 32.1 Å². The van der Waals surface area contributed by atoms with Crippen LogP contribution in [0.4, 0.5) is 0 Å². The molecule has 0 fully saturated rings. The topological polar surface area (TPSA) is 29.3 Å². The largest absolute Gasteiger partial charge is 0.323 e. The van der Waals surface area contributed by atoms with E-state index in [4.69, 9.17) is 5.73 Å². The van der Waals surface area contributed by atoms with Gasteiger partial charge in [-0.25, -0.2) is 0 Å². The Labute approximate surface area is 116 Å². The standard InChI is InChI=1S/C15H26N2S/c1-15(2,12-17(3)10-11-18-4)14(16)13-8-6-5-7-9-13/h5-9,14H,10-12,16H2,1-4H3. The van der Waals surface area contributed by atoms with Gasteiger partial charge in [-0.15, -0.1) is 0 Å². The van der Waals surface area contributed by atoms with Crippen molar-refractivity contribution < 1.29 is 0 Å². The lowest BCUT2D eigenvalue weighted by Crippen LogP contribution is -2.40. The molecule has 0 amide bonds. The number of nitrogens with zero attached hydrogens (tertiary/aromatic N) is 1. The highest BCUT2D eigenvalue weighted by molar-refractivity contribution is 7.98. The van der Waals surface area contributed by atoms with Gasteiger partial charge >= 0.3 is 0 Å². The minimum absolute atomic E-state index is 0.0779. The molecule has 102 valence electrons. The zero-order chi connectivity index (χ0) is 13.6. The Morgan fingerprint density at radius 1 is 1.28 bits per heavy atom. The van der Waals surface area contributed by atoms with E-state index in [0.29, 0.717) is 0 Å². The van der Waals surface area contributed by atoms with Gasteiger partial charge in [0, 0.05) is 24.9 Å². The molecule has 2 nitrogen and oxygen atoms in total. The van der Waals surface area contributed by atoms with Gasteiger partial charge in [0.1, 0.15) is 0 Å². The average molecular weight is 266 g/mol. The molecule has 1 aromatic carbocycles. The first-order chi connectivity index (χ1) is 8.47. The number of nitrogens with two attached hydrogens (primary N) is 1. The number of rotatable bonds is 7. The summed E-state index contributed by atoms with van der Waals surface area (Å²) in [7, 11) is 2.18. The number of benzene rings is 1. The van der Waals surface area contributed by atoms with Gasteiger partial charge in [-0.3, -0.25) is 0 Å². The Kier molecular flexibility index (Phi) is 6.19. The van der Waals surface area contributed by atoms with E-state index in [1.165, 1.54) is 11.3 Å². The van der Waals surface area contributed by atoms with Crippen LogP contribution in [0.3, 0.4) is 0 Å². The summed E-state index contributed by atoms with van der Waals surface area (Å²) in [5.74, 6) is 1.17. The lowest BCUT2D eigenvalue weighted by Gasteiger charge is -2.35. The third-order valence-corrected chi connectivity index (χ3v) is 3.95. The fourth-order valence-electron chi connectivity index (χ4n) is 2.23. The van der Waals surface area contributed by atoms with Crippen LogP contribution in [-0.2, 0) is 0 Å². The van der Waals surface area contributed by atoms with Gasteiger partial charge in [-0.05, 0) is 24.3 Å². The Bertz CT molecular complexity index is 338. The summed E-state index contributed by atoms with van der Waals surface area (Å²) < 4.78 is 0. The van der Waals surface area contributed by atoms with E-state index in [1.807, 2.05) is 17.8 Å². The van der Waals surface area contributed by atoms with Crippen molar-refractivity contribution in [3.8, 4) is 0 Å². The molecule has 0 radical (unpaired) electrons. The van der Waals surface area contributed by atoms with Gasteiger partial charge in [0.05, 0.1) is 0 Å². The lowest BCUT2D eigenvalue weighted by atomic mass is 9.80. The summed E-state index contributed by atoms with van der Waals surface area (Å²) in [5.41, 5.74) is 7.72. The molecule has 1 rings (SSSR count). The first kappa shape index (κ1) is 15.5. The maximum Gasteiger partial charge on any atom is 0.0359 e. The van der Waals surface area contributed by atoms with Crippen molar-refractivity contribution in [2.45, 2.75) is 19.9 Å². The van der Waals surface area contributed by atoms with E-state index in [2.05, 4.69) is 56.3 Å². The van der Waals surface area contributed by atoms with Crippen LogP contribution in [-0.4, -0.2) is 37.0 Å². The summed E-state index contributed by atoms with van der Waals surface area (Å²) in [5, 5.41) is 0. The molecule has 0 aliphatic rings. The van der Waals surface area contributed by atoms with Gasteiger partial charge in [0.15, 0.2) is 0 Å². The van der Waals surface area contributed by atoms with Gasteiger partial charge in [-0.1, -0.05) is 44.2 Å². The maximum absolute atomic E-state index is 6.42. The van der Waals surface area contributed by atoms with E-state index in [-0.39, 0.29) is 11.5 Å². The lowest BCUT2D eigenvalue weighted by molar-refractivity contribution is 0.183. The quantitative estimate of drug-likeness (QED) is 0.822. The molecular formula is C15H26N2S. The van der Waals surface area contributed by atoms with Crippen LogP contribution in [0.5, 0.6) is 0 Å². The maximum atomic E-state index is 6.42. The molecule has 0 spiro atoms. The minimum atomic E-state index is 0.0779. The van der Waals surface area contributed by atoms with E-state index in [0.717, 1.165) is 13.1 Å². The second kappa shape index (κ2) is 7.17. The Morgan fingerprint density at radius 2 is 1.89 bits per heavy atom. The molecule has 0 aromatic heterocycles. The van der Waals surface area contributed by atoms with Gasteiger partial charge in [0.2, 0.25) is 0 Å². The highest BCUT2D eigenvalue weighted by Crippen LogP contribution is 2.31. The summed E-state index contributed by atoms with van der Waals surface area (Å²) in [4.78, 5) is 2.37. The SMILES string of the molecule is CSCCN(C)CC(C)(C)C(N)c1ccccc1. The molecule has 1 atom stereocenters. The molecule has 0 bridgehead atoms. The van der Waals surface area contributed by atoms with Crippen molar-refractivity contribution in [1.82, 2.24) is 4.90 Å². The second-order valence-electron chi connectivity index (χ2n) is 5.61.